The van der Waals surface area contributed by atoms with Crippen LogP contribution in [0.5, 0.6) is 0 Å². The first-order chi connectivity index (χ1) is 9.45. The van der Waals surface area contributed by atoms with Gasteiger partial charge in [0.15, 0.2) is 0 Å². The molecule has 1 aromatic carbocycles. The molecule has 2 unspecified atom stereocenters. The van der Waals surface area contributed by atoms with Crippen LogP contribution >= 0.6 is 11.6 Å². The summed E-state index contributed by atoms with van der Waals surface area (Å²) in [6.45, 7) is 7.81. The number of halogens is 1. The van der Waals surface area contributed by atoms with Crippen LogP contribution in [-0.2, 0) is 0 Å². The minimum Gasteiger partial charge on any atom is -0.308 e. The Bertz CT molecular complexity index is 365. The lowest BCUT2D eigenvalue weighted by atomic mass is 9.99. The van der Waals surface area contributed by atoms with Gasteiger partial charge in [0.2, 0.25) is 0 Å². The van der Waals surface area contributed by atoms with Crippen LogP contribution in [0, 0.1) is 5.92 Å². The van der Waals surface area contributed by atoms with Crippen molar-refractivity contribution in [1.29, 1.82) is 0 Å². The molecule has 0 fully saturated rings. The summed E-state index contributed by atoms with van der Waals surface area (Å²) in [5.74, 6) is 0.644. The lowest BCUT2D eigenvalue weighted by Gasteiger charge is -2.30. The third-order valence-corrected chi connectivity index (χ3v) is 4.11. The molecule has 0 bridgehead atoms. The second-order valence-electron chi connectivity index (χ2n) is 6.08. The van der Waals surface area contributed by atoms with Crippen LogP contribution in [0.15, 0.2) is 24.3 Å². The first kappa shape index (κ1) is 17.5. The molecule has 3 heteroatoms. The molecular weight excluding hydrogens is 268 g/mol. The van der Waals surface area contributed by atoms with E-state index in [4.69, 9.17) is 11.6 Å². The molecule has 1 rings (SSSR count). The van der Waals surface area contributed by atoms with Crippen molar-refractivity contribution in [3.8, 4) is 0 Å². The molecule has 0 spiro atoms. The molecule has 114 valence electrons. The minimum atomic E-state index is 0.415. The van der Waals surface area contributed by atoms with Crippen molar-refractivity contribution in [2.24, 2.45) is 5.92 Å². The van der Waals surface area contributed by atoms with Gasteiger partial charge in [-0.25, -0.2) is 0 Å². The van der Waals surface area contributed by atoms with Gasteiger partial charge in [-0.3, -0.25) is 0 Å². The fraction of sp³-hybridized carbons (Fsp3) is 0.647. The highest BCUT2D eigenvalue weighted by molar-refractivity contribution is 6.30. The van der Waals surface area contributed by atoms with E-state index < -0.39 is 0 Å². The van der Waals surface area contributed by atoms with E-state index in [1.54, 1.807) is 0 Å². The van der Waals surface area contributed by atoms with E-state index in [1.165, 1.54) is 12.0 Å². The van der Waals surface area contributed by atoms with Crippen LogP contribution in [0.4, 0.5) is 0 Å². The second kappa shape index (κ2) is 8.66. The van der Waals surface area contributed by atoms with Crippen LogP contribution in [0.2, 0.25) is 5.02 Å². The molecular formula is C17H29ClN2. The highest BCUT2D eigenvalue weighted by Gasteiger charge is 2.18. The molecule has 0 aliphatic heterocycles. The monoisotopic (exact) mass is 296 g/mol. The Morgan fingerprint density at radius 2 is 1.75 bits per heavy atom. The number of likely N-dealkylation sites (N-methyl/N-ethyl adjacent to an activating group) is 1. The topological polar surface area (TPSA) is 15.3 Å². The molecule has 1 N–H and O–H groups in total. The molecule has 0 aliphatic rings. The summed E-state index contributed by atoms with van der Waals surface area (Å²) in [5, 5.41) is 4.54. The maximum atomic E-state index is 5.98. The van der Waals surface area contributed by atoms with E-state index in [9.17, 15) is 0 Å². The first-order valence-corrected chi connectivity index (χ1v) is 7.98. The summed E-state index contributed by atoms with van der Waals surface area (Å²) in [5.41, 5.74) is 1.33. The summed E-state index contributed by atoms with van der Waals surface area (Å²) in [4.78, 5) is 2.31. The van der Waals surface area contributed by atoms with E-state index in [0.29, 0.717) is 18.0 Å². The number of nitrogens with zero attached hydrogens (tertiary/aromatic N) is 1. The lowest BCUT2D eigenvalue weighted by Crippen LogP contribution is -2.42. The summed E-state index contributed by atoms with van der Waals surface area (Å²) in [7, 11) is 4.31. The van der Waals surface area contributed by atoms with E-state index in [0.717, 1.165) is 18.0 Å². The summed E-state index contributed by atoms with van der Waals surface area (Å²) >= 11 is 5.98. The standard InChI is InChI=1S/C17H29ClN2/c1-6-7-16(14-8-10-15(18)11-9-14)19-12-17(13(2)3)20(4)5/h8-11,13,16-17,19H,6-7,12H2,1-5H3. The van der Waals surface area contributed by atoms with Gasteiger partial charge >= 0.3 is 0 Å². The average molecular weight is 297 g/mol. The van der Waals surface area contributed by atoms with Crippen LogP contribution in [-0.4, -0.2) is 31.6 Å². The fourth-order valence-electron chi connectivity index (χ4n) is 2.65. The van der Waals surface area contributed by atoms with Crippen molar-refractivity contribution < 1.29 is 0 Å². The van der Waals surface area contributed by atoms with E-state index in [-0.39, 0.29) is 0 Å². The first-order valence-electron chi connectivity index (χ1n) is 7.61. The zero-order valence-electron chi connectivity index (χ0n) is 13.5. The largest absolute Gasteiger partial charge is 0.308 e. The molecule has 0 amide bonds. The molecule has 0 saturated carbocycles. The Kier molecular flexibility index (Phi) is 7.57. The predicted octanol–water partition coefficient (Wildman–Crippen LogP) is 4.36. The van der Waals surface area contributed by atoms with Crippen molar-refractivity contribution in [3.05, 3.63) is 34.9 Å². The van der Waals surface area contributed by atoms with E-state index in [2.05, 4.69) is 57.2 Å². The Morgan fingerprint density at radius 1 is 1.15 bits per heavy atom. The zero-order chi connectivity index (χ0) is 15.1. The van der Waals surface area contributed by atoms with Crippen molar-refractivity contribution >= 4 is 11.6 Å². The van der Waals surface area contributed by atoms with Crippen LogP contribution < -0.4 is 5.32 Å². The quantitative estimate of drug-likeness (QED) is 0.767. The van der Waals surface area contributed by atoms with Gasteiger partial charge in [-0.05, 0) is 44.1 Å². The number of hydrogen-bond donors (Lipinski definition) is 1. The van der Waals surface area contributed by atoms with Crippen molar-refractivity contribution in [2.75, 3.05) is 20.6 Å². The Labute approximate surface area is 129 Å². The Morgan fingerprint density at radius 3 is 2.20 bits per heavy atom. The average Bonchev–Trinajstić information content (AvgIpc) is 2.38. The molecule has 0 radical (unpaired) electrons. The molecule has 0 aromatic heterocycles. The van der Waals surface area contributed by atoms with Gasteiger partial charge in [0, 0.05) is 23.7 Å². The second-order valence-corrected chi connectivity index (χ2v) is 6.51. The molecule has 2 atom stereocenters. The third-order valence-electron chi connectivity index (χ3n) is 3.86. The highest BCUT2D eigenvalue weighted by atomic mass is 35.5. The normalized spacial score (nSPS) is 14.8. The van der Waals surface area contributed by atoms with Gasteiger partial charge in [-0.1, -0.05) is 50.9 Å². The molecule has 0 aliphatic carbocycles. The third kappa shape index (κ3) is 5.43. The lowest BCUT2D eigenvalue weighted by molar-refractivity contribution is 0.217. The van der Waals surface area contributed by atoms with E-state index >= 15 is 0 Å². The zero-order valence-corrected chi connectivity index (χ0v) is 14.2. The minimum absolute atomic E-state index is 0.415. The van der Waals surface area contributed by atoms with Crippen LogP contribution in [0.1, 0.15) is 45.2 Å². The van der Waals surface area contributed by atoms with Gasteiger partial charge in [0.25, 0.3) is 0 Å². The van der Waals surface area contributed by atoms with E-state index in [1.807, 2.05) is 12.1 Å². The Hall–Kier alpha value is -0.570. The molecule has 2 nitrogen and oxygen atoms in total. The summed E-state index contributed by atoms with van der Waals surface area (Å²) in [6.07, 6.45) is 2.33. The molecule has 0 saturated heterocycles. The van der Waals surface area contributed by atoms with Crippen LogP contribution in [0.3, 0.4) is 0 Å². The Balaban J connectivity index is 2.69. The van der Waals surface area contributed by atoms with Gasteiger partial charge in [-0.15, -0.1) is 0 Å². The fourth-order valence-corrected chi connectivity index (χ4v) is 2.77. The van der Waals surface area contributed by atoms with Crippen molar-refractivity contribution in [1.82, 2.24) is 10.2 Å². The maximum Gasteiger partial charge on any atom is 0.0406 e. The number of rotatable bonds is 8. The molecule has 20 heavy (non-hydrogen) atoms. The summed E-state index contributed by atoms with van der Waals surface area (Å²) < 4.78 is 0. The molecule has 0 heterocycles. The smallest absolute Gasteiger partial charge is 0.0406 e. The highest BCUT2D eigenvalue weighted by Crippen LogP contribution is 2.21. The van der Waals surface area contributed by atoms with Crippen LogP contribution in [0.25, 0.3) is 0 Å². The predicted molar refractivity (Wildman–Crippen MR) is 89.4 cm³/mol. The van der Waals surface area contributed by atoms with Gasteiger partial charge in [0.1, 0.15) is 0 Å². The maximum absolute atomic E-state index is 5.98. The SMILES string of the molecule is CCCC(NCC(C(C)C)N(C)C)c1ccc(Cl)cc1. The number of hydrogen-bond acceptors (Lipinski definition) is 2. The van der Waals surface area contributed by atoms with Crippen molar-refractivity contribution in [3.63, 3.8) is 0 Å². The number of benzene rings is 1. The van der Waals surface area contributed by atoms with Gasteiger partial charge in [-0.2, -0.15) is 0 Å². The summed E-state index contributed by atoms with van der Waals surface area (Å²) in [6, 6.07) is 9.20. The van der Waals surface area contributed by atoms with Gasteiger partial charge in [0.05, 0.1) is 0 Å². The van der Waals surface area contributed by atoms with Crippen molar-refractivity contribution in [2.45, 2.75) is 45.7 Å². The molecule has 1 aromatic rings. The van der Waals surface area contributed by atoms with Gasteiger partial charge < -0.3 is 10.2 Å². The number of nitrogens with one attached hydrogen (secondary N) is 1.